The van der Waals surface area contributed by atoms with E-state index < -0.39 is 0 Å². The summed E-state index contributed by atoms with van der Waals surface area (Å²) in [4.78, 5) is 0. The summed E-state index contributed by atoms with van der Waals surface area (Å²) in [6, 6.07) is 6.00. The van der Waals surface area contributed by atoms with Crippen molar-refractivity contribution in [1.29, 1.82) is 0 Å². The van der Waals surface area contributed by atoms with Gasteiger partial charge in [-0.25, -0.2) is 4.39 Å². The largest absolute Gasteiger partial charge is 0.324 e. The predicted molar refractivity (Wildman–Crippen MR) is 64.1 cm³/mol. The minimum atomic E-state index is -0.347. The number of hydrogen-bond donors (Lipinski definition) is 1. The SMILES string of the molecule is NC(Cc1c(F)cccc1Cl)c1ccnnc1. The fraction of sp³-hybridized carbons (Fsp3) is 0.167. The average molecular weight is 252 g/mol. The lowest BCUT2D eigenvalue weighted by Gasteiger charge is -2.13. The molecule has 2 aromatic rings. The van der Waals surface area contributed by atoms with Crippen LogP contribution in [0, 0.1) is 5.82 Å². The van der Waals surface area contributed by atoms with Crippen LogP contribution in [0.5, 0.6) is 0 Å². The smallest absolute Gasteiger partial charge is 0.127 e. The maximum atomic E-state index is 13.6. The van der Waals surface area contributed by atoms with Gasteiger partial charge in [0.15, 0.2) is 0 Å². The second-order valence-electron chi connectivity index (χ2n) is 3.69. The third kappa shape index (κ3) is 2.78. The van der Waals surface area contributed by atoms with Crippen molar-refractivity contribution in [3.05, 3.63) is 58.6 Å². The Morgan fingerprint density at radius 1 is 1.29 bits per heavy atom. The molecule has 0 spiro atoms. The lowest BCUT2D eigenvalue weighted by molar-refractivity contribution is 0.592. The molecule has 0 radical (unpaired) electrons. The minimum Gasteiger partial charge on any atom is -0.324 e. The summed E-state index contributed by atoms with van der Waals surface area (Å²) in [6.07, 6.45) is 3.45. The van der Waals surface area contributed by atoms with Crippen LogP contribution < -0.4 is 5.73 Å². The van der Waals surface area contributed by atoms with Gasteiger partial charge < -0.3 is 5.73 Å². The summed E-state index contributed by atoms with van der Waals surface area (Å²) >= 11 is 5.94. The van der Waals surface area contributed by atoms with Crippen LogP contribution in [0.2, 0.25) is 5.02 Å². The molecule has 0 aliphatic carbocycles. The van der Waals surface area contributed by atoms with Crippen LogP contribution in [0.1, 0.15) is 17.2 Å². The quantitative estimate of drug-likeness (QED) is 0.912. The molecule has 17 heavy (non-hydrogen) atoms. The zero-order valence-corrected chi connectivity index (χ0v) is 9.73. The van der Waals surface area contributed by atoms with Gasteiger partial charge in [-0.15, -0.1) is 0 Å². The summed E-state index contributed by atoms with van der Waals surface area (Å²) in [5.41, 5.74) is 7.21. The fourth-order valence-corrected chi connectivity index (χ4v) is 1.83. The van der Waals surface area contributed by atoms with Gasteiger partial charge in [0.25, 0.3) is 0 Å². The summed E-state index contributed by atoms with van der Waals surface area (Å²) in [6.45, 7) is 0. The molecule has 0 aliphatic rings. The number of benzene rings is 1. The van der Waals surface area contributed by atoms with E-state index in [9.17, 15) is 4.39 Å². The standard InChI is InChI=1S/C12H11ClFN3/c13-10-2-1-3-11(14)9(10)6-12(15)8-4-5-16-17-7-8/h1-5,7,12H,6,15H2. The zero-order chi connectivity index (χ0) is 12.3. The van der Waals surface area contributed by atoms with Gasteiger partial charge in [-0.2, -0.15) is 10.2 Å². The second kappa shape index (κ2) is 5.21. The van der Waals surface area contributed by atoms with Crippen molar-refractivity contribution in [2.24, 2.45) is 5.73 Å². The molecule has 0 bridgehead atoms. The van der Waals surface area contributed by atoms with Crippen LogP contribution in [0.3, 0.4) is 0 Å². The van der Waals surface area contributed by atoms with E-state index in [1.165, 1.54) is 6.07 Å². The number of aromatic nitrogens is 2. The molecule has 0 fully saturated rings. The molecule has 0 amide bonds. The summed E-state index contributed by atoms with van der Waals surface area (Å²) < 4.78 is 13.6. The topological polar surface area (TPSA) is 51.8 Å². The van der Waals surface area contributed by atoms with E-state index in [4.69, 9.17) is 17.3 Å². The maximum absolute atomic E-state index is 13.6. The Kier molecular flexibility index (Phi) is 3.66. The summed E-state index contributed by atoms with van der Waals surface area (Å²) in [5, 5.41) is 7.79. The van der Waals surface area contributed by atoms with E-state index in [1.54, 1.807) is 30.6 Å². The van der Waals surface area contributed by atoms with Crippen molar-refractivity contribution in [3.63, 3.8) is 0 Å². The van der Waals surface area contributed by atoms with Crippen LogP contribution in [0.25, 0.3) is 0 Å². The molecule has 1 aromatic carbocycles. The van der Waals surface area contributed by atoms with Crippen LogP contribution in [-0.2, 0) is 6.42 Å². The highest BCUT2D eigenvalue weighted by Crippen LogP contribution is 2.24. The second-order valence-corrected chi connectivity index (χ2v) is 4.09. The van der Waals surface area contributed by atoms with Crippen LogP contribution in [0.4, 0.5) is 4.39 Å². The molecule has 1 atom stereocenters. The molecule has 1 unspecified atom stereocenters. The Balaban J connectivity index is 2.22. The van der Waals surface area contributed by atoms with E-state index in [0.29, 0.717) is 17.0 Å². The van der Waals surface area contributed by atoms with Crippen LogP contribution in [-0.4, -0.2) is 10.2 Å². The Labute approximate surface area is 103 Å². The van der Waals surface area contributed by atoms with Crippen molar-refractivity contribution >= 4 is 11.6 Å². The molecule has 2 N–H and O–H groups in total. The minimum absolute atomic E-state index is 0.331. The van der Waals surface area contributed by atoms with E-state index in [1.807, 2.05) is 0 Å². The van der Waals surface area contributed by atoms with Gasteiger partial charge >= 0.3 is 0 Å². The summed E-state index contributed by atoms with van der Waals surface area (Å²) in [7, 11) is 0. The molecule has 5 heteroatoms. The van der Waals surface area contributed by atoms with E-state index in [2.05, 4.69) is 10.2 Å². The first kappa shape index (κ1) is 12.0. The van der Waals surface area contributed by atoms with Crippen molar-refractivity contribution in [3.8, 4) is 0 Å². The van der Waals surface area contributed by atoms with Gasteiger partial charge in [0, 0.05) is 22.8 Å². The maximum Gasteiger partial charge on any atom is 0.127 e. The van der Waals surface area contributed by atoms with Crippen molar-refractivity contribution < 1.29 is 4.39 Å². The first-order chi connectivity index (χ1) is 8.18. The highest BCUT2D eigenvalue weighted by molar-refractivity contribution is 6.31. The monoisotopic (exact) mass is 251 g/mol. The molecule has 1 heterocycles. The molecule has 3 nitrogen and oxygen atoms in total. The number of hydrogen-bond acceptors (Lipinski definition) is 3. The lowest BCUT2D eigenvalue weighted by Crippen LogP contribution is -2.14. The van der Waals surface area contributed by atoms with Gasteiger partial charge in [0.2, 0.25) is 0 Å². The van der Waals surface area contributed by atoms with Crippen molar-refractivity contribution in [1.82, 2.24) is 10.2 Å². The van der Waals surface area contributed by atoms with Gasteiger partial charge in [-0.3, -0.25) is 0 Å². The van der Waals surface area contributed by atoms with Gasteiger partial charge in [-0.1, -0.05) is 17.7 Å². The van der Waals surface area contributed by atoms with Gasteiger partial charge in [0.05, 0.1) is 6.20 Å². The Morgan fingerprint density at radius 2 is 2.12 bits per heavy atom. The van der Waals surface area contributed by atoms with E-state index in [-0.39, 0.29) is 11.9 Å². The Morgan fingerprint density at radius 3 is 2.76 bits per heavy atom. The number of halogens is 2. The molecule has 88 valence electrons. The Hall–Kier alpha value is -1.52. The van der Waals surface area contributed by atoms with Crippen LogP contribution >= 0.6 is 11.6 Å². The average Bonchev–Trinajstić information content (AvgIpc) is 2.35. The first-order valence-electron chi connectivity index (χ1n) is 5.13. The molecular formula is C12H11ClFN3. The predicted octanol–water partition coefficient (Wildman–Crippen LogP) is 2.51. The fourth-order valence-electron chi connectivity index (χ4n) is 1.59. The van der Waals surface area contributed by atoms with E-state index in [0.717, 1.165) is 5.56 Å². The molecule has 1 aromatic heterocycles. The number of nitrogens with zero attached hydrogens (tertiary/aromatic N) is 2. The normalized spacial score (nSPS) is 12.4. The van der Waals surface area contributed by atoms with Crippen LogP contribution in [0.15, 0.2) is 36.7 Å². The zero-order valence-electron chi connectivity index (χ0n) is 8.98. The summed E-state index contributed by atoms with van der Waals surface area (Å²) in [5.74, 6) is -0.338. The number of nitrogens with two attached hydrogens (primary N) is 1. The molecule has 0 saturated carbocycles. The molecule has 0 saturated heterocycles. The highest BCUT2D eigenvalue weighted by Gasteiger charge is 2.13. The molecule has 2 rings (SSSR count). The van der Waals surface area contributed by atoms with Gasteiger partial charge in [0.1, 0.15) is 5.82 Å². The third-order valence-electron chi connectivity index (χ3n) is 2.52. The highest BCUT2D eigenvalue weighted by atomic mass is 35.5. The number of rotatable bonds is 3. The first-order valence-corrected chi connectivity index (χ1v) is 5.51. The van der Waals surface area contributed by atoms with Crippen molar-refractivity contribution in [2.75, 3.05) is 0 Å². The Bertz CT molecular complexity index is 484. The van der Waals surface area contributed by atoms with Crippen molar-refractivity contribution in [2.45, 2.75) is 12.5 Å². The lowest BCUT2D eigenvalue weighted by atomic mass is 10.0. The molecular weight excluding hydrogens is 241 g/mol. The molecule has 0 aliphatic heterocycles. The van der Waals surface area contributed by atoms with Gasteiger partial charge in [-0.05, 0) is 30.2 Å². The van der Waals surface area contributed by atoms with E-state index >= 15 is 0 Å². The third-order valence-corrected chi connectivity index (χ3v) is 2.88.